The number of nitrogens with one attached hydrogen (secondary N) is 1. The molecular weight excluding hydrogens is 240 g/mol. The van der Waals surface area contributed by atoms with Crippen molar-refractivity contribution in [3.8, 4) is 0 Å². The molecule has 0 spiro atoms. The second-order valence-corrected chi connectivity index (χ2v) is 5.23. The lowest BCUT2D eigenvalue weighted by molar-refractivity contribution is 0.0515. The number of halogens is 1. The molecule has 0 aliphatic carbocycles. The van der Waals surface area contributed by atoms with E-state index in [-0.39, 0.29) is 5.15 Å². The van der Waals surface area contributed by atoms with E-state index in [1.165, 1.54) is 6.33 Å². The minimum atomic E-state index is -0.808. The molecule has 4 N–H and O–H groups in total. The Morgan fingerprint density at radius 3 is 2.76 bits per heavy atom. The lowest BCUT2D eigenvalue weighted by atomic mass is 9.94. The van der Waals surface area contributed by atoms with Gasteiger partial charge in [-0.15, -0.1) is 0 Å². The Kier molecular flexibility index (Phi) is 4.54. The Labute approximate surface area is 106 Å². The van der Waals surface area contributed by atoms with Gasteiger partial charge in [-0.1, -0.05) is 25.4 Å². The second kappa shape index (κ2) is 5.51. The first-order valence-corrected chi connectivity index (χ1v) is 5.92. The molecule has 0 aliphatic rings. The molecule has 1 unspecified atom stereocenters. The average Bonchev–Trinajstić information content (AvgIpc) is 2.18. The maximum atomic E-state index is 10.1. The maximum Gasteiger partial charge on any atom is 0.157 e. The van der Waals surface area contributed by atoms with Crippen LogP contribution in [0, 0.1) is 5.92 Å². The van der Waals surface area contributed by atoms with E-state index in [0.717, 1.165) is 0 Å². The first kappa shape index (κ1) is 14.0. The number of aromatic nitrogens is 2. The molecule has 0 aromatic carbocycles. The standard InChI is InChI=1S/C11H19ClN4O/c1-7(2)4-11(3,17)5-14-10-8(13)9(12)15-6-16-10/h6-7,17H,4-5,13H2,1-3H3,(H,14,15,16). The third-order valence-electron chi connectivity index (χ3n) is 2.32. The van der Waals surface area contributed by atoms with Gasteiger partial charge in [-0.05, 0) is 19.3 Å². The van der Waals surface area contributed by atoms with Gasteiger partial charge in [0.15, 0.2) is 11.0 Å². The molecule has 0 saturated carbocycles. The molecule has 0 saturated heterocycles. The van der Waals surface area contributed by atoms with E-state index in [1.54, 1.807) is 6.92 Å². The van der Waals surface area contributed by atoms with Gasteiger partial charge in [-0.25, -0.2) is 9.97 Å². The van der Waals surface area contributed by atoms with Crippen LogP contribution in [0.5, 0.6) is 0 Å². The lowest BCUT2D eigenvalue weighted by Gasteiger charge is -2.26. The highest BCUT2D eigenvalue weighted by atomic mass is 35.5. The van der Waals surface area contributed by atoms with Crippen molar-refractivity contribution >= 4 is 23.1 Å². The van der Waals surface area contributed by atoms with Crippen molar-refractivity contribution in [1.82, 2.24) is 9.97 Å². The summed E-state index contributed by atoms with van der Waals surface area (Å²) in [6.45, 7) is 6.26. The monoisotopic (exact) mass is 258 g/mol. The highest BCUT2D eigenvalue weighted by Gasteiger charge is 2.22. The minimum absolute atomic E-state index is 0.214. The van der Waals surface area contributed by atoms with Crippen LogP contribution in [-0.4, -0.2) is 27.2 Å². The summed E-state index contributed by atoms with van der Waals surface area (Å²) in [5.74, 6) is 0.868. The van der Waals surface area contributed by atoms with Crippen molar-refractivity contribution in [1.29, 1.82) is 0 Å². The van der Waals surface area contributed by atoms with Crippen molar-refractivity contribution in [2.75, 3.05) is 17.6 Å². The summed E-state index contributed by atoms with van der Waals surface area (Å²) in [7, 11) is 0. The largest absolute Gasteiger partial charge is 0.393 e. The van der Waals surface area contributed by atoms with Gasteiger partial charge in [-0.2, -0.15) is 0 Å². The van der Waals surface area contributed by atoms with Gasteiger partial charge in [0.05, 0.1) is 5.60 Å². The molecule has 0 bridgehead atoms. The lowest BCUT2D eigenvalue weighted by Crippen LogP contribution is -2.35. The van der Waals surface area contributed by atoms with Gasteiger partial charge < -0.3 is 16.2 Å². The summed E-state index contributed by atoms with van der Waals surface area (Å²) in [5.41, 5.74) is 5.21. The Bertz CT molecular complexity index is 382. The van der Waals surface area contributed by atoms with Gasteiger partial charge in [0.1, 0.15) is 12.0 Å². The molecular formula is C11H19ClN4O. The van der Waals surface area contributed by atoms with Crippen LogP contribution < -0.4 is 11.1 Å². The summed E-state index contributed by atoms with van der Waals surface area (Å²) < 4.78 is 0. The normalized spacial score (nSPS) is 14.7. The van der Waals surface area contributed by atoms with E-state index in [9.17, 15) is 5.11 Å². The molecule has 0 radical (unpaired) electrons. The van der Waals surface area contributed by atoms with E-state index in [0.29, 0.717) is 30.4 Å². The fourth-order valence-corrected chi connectivity index (χ4v) is 1.87. The van der Waals surface area contributed by atoms with Crippen LogP contribution in [0.1, 0.15) is 27.2 Å². The predicted octanol–water partition coefficient (Wildman–Crippen LogP) is 1.92. The van der Waals surface area contributed by atoms with E-state index >= 15 is 0 Å². The number of hydrogen-bond donors (Lipinski definition) is 3. The van der Waals surface area contributed by atoms with Crippen LogP contribution in [0.25, 0.3) is 0 Å². The molecule has 0 aliphatic heterocycles. The third-order valence-corrected chi connectivity index (χ3v) is 2.62. The molecule has 96 valence electrons. The van der Waals surface area contributed by atoms with Crippen LogP contribution in [0.15, 0.2) is 6.33 Å². The zero-order chi connectivity index (χ0) is 13.1. The summed E-state index contributed by atoms with van der Waals surface area (Å²) >= 11 is 5.77. The average molecular weight is 259 g/mol. The van der Waals surface area contributed by atoms with Crippen LogP contribution in [0.3, 0.4) is 0 Å². The van der Waals surface area contributed by atoms with Gasteiger partial charge in [0, 0.05) is 6.54 Å². The smallest absolute Gasteiger partial charge is 0.157 e. The van der Waals surface area contributed by atoms with E-state index in [4.69, 9.17) is 17.3 Å². The Balaban J connectivity index is 2.64. The predicted molar refractivity (Wildman–Crippen MR) is 70.0 cm³/mol. The van der Waals surface area contributed by atoms with E-state index < -0.39 is 5.60 Å². The number of anilines is 2. The van der Waals surface area contributed by atoms with E-state index in [1.807, 2.05) is 0 Å². The van der Waals surface area contributed by atoms with Crippen LogP contribution in [0.2, 0.25) is 5.15 Å². The molecule has 1 rings (SSSR count). The second-order valence-electron chi connectivity index (χ2n) is 4.88. The summed E-state index contributed by atoms with van der Waals surface area (Å²) in [5, 5.41) is 13.3. The zero-order valence-electron chi connectivity index (χ0n) is 10.4. The quantitative estimate of drug-likeness (QED) is 0.703. The molecule has 5 nitrogen and oxygen atoms in total. The molecule has 6 heteroatoms. The Morgan fingerprint density at radius 2 is 2.18 bits per heavy atom. The molecule has 0 fully saturated rings. The molecule has 1 atom stereocenters. The van der Waals surface area contributed by atoms with Gasteiger partial charge >= 0.3 is 0 Å². The number of rotatable bonds is 5. The molecule has 1 aromatic rings. The number of nitrogens with zero attached hydrogens (tertiary/aromatic N) is 2. The maximum absolute atomic E-state index is 10.1. The molecule has 1 heterocycles. The fraction of sp³-hybridized carbons (Fsp3) is 0.636. The first-order chi connectivity index (χ1) is 7.82. The fourth-order valence-electron chi connectivity index (χ4n) is 1.74. The van der Waals surface area contributed by atoms with Crippen molar-refractivity contribution in [2.45, 2.75) is 32.8 Å². The van der Waals surface area contributed by atoms with Crippen molar-refractivity contribution in [3.05, 3.63) is 11.5 Å². The highest BCUT2D eigenvalue weighted by molar-refractivity contribution is 6.32. The van der Waals surface area contributed by atoms with Gasteiger partial charge in [-0.3, -0.25) is 0 Å². The topological polar surface area (TPSA) is 84.1 Å². The number of nitrogens with two attached hydrogens (primary N) is 1. The summed E-state index contributed by atoms with van der Waals surface area (Å²) in [4.78, 5) is 7.74. The minimum Gasteiger partial charge on any atom is -0.393 e. The summed E-state index contributed by atoms with van der Waals surface area (Å²) in [6, 6.07) is 0. The number of nitrogen functional groups attached to an aromatic ring is 1. The Morgan fingerprint density at radius 1 is 1.53 bits per heavy atom. The van der Waals surface area contributed by atoms with Crippen molar-refractivity contribution < 1.29 is 5.11 Å². The zero-order valence-corrected chi connectivity index (χ0v) is 11.1. The molecule has 0 amide bonds. The summed E-state index contributed by atoms with van der Waals surface area (Å²) in [6.07, 6.45) is 2.02. The Hall–Kier alpha value is -1.07. The van der Waals surface area contributed by atoms with Crippen LogP contribution in [-0.2, 0) is 0 Å². The SMILES string of the molecule is CC(C)CC(C)(O)CNc1ncnc(Cl)c1N. The van der Waals surface area contributed by atoms with Crippen molar-refractivity contribution in [3.63, 3.8) is 0 Å². The van der Waals surface area contributed by atoms with Crippen LogP contribution >= 0.6 is 11.6 Å². The number of aliphatic hydroxyl groups is 1. The van der Waals surface area contributed by atoms with Crippen molar-refractivity contribution in [2.24, 2.45) is 5.92 Å². The van der Waals surface area contributed by atoms with Crippen LogP contribution in [0.4, 0.5) is 11.5 Å². The van der Waals surface area contributed by atoms with Gasteiger partial charge in [0.2, 0.25) is 0 Å². The first-order valence-electron chi connectivity index (χ1n) is 5.54. The molecule has 17 heavy (non-hydrogen) atoms. The number of hydrogen-bond acceptors (Lipinski definition) is 5. The van der Waals surface area contributed by atoms with Gasteiger partial charge in [0.25, 0.3) is 0 Å². The highest BCUT2D eigenvalue weighted by Crippen LogP contribution is 2.23. The third kappa shape index (κ3) is 4.36. The van der Waals surface area contributed by atoms with E-state index in [2.05, 4.69) is 29.1 Å². The molecule has 1 aromatic heterocycles.